The molecule has 1 heterocycles. The maximum atomic E-state index is 8.16. The smallest absolute Gasteiger partial charge is 0.117 e. The van der Waals surface area contributed by atoms with Crippen molar-refractivity contribution in [2.45, 2.75) is 25.0 Å². The standard InChI is InChI=1S/C11H13N3O/c1-11(9-5-3-2-4-6-9)10(15-11)7-8-13-14-12/h2-6,10H,7-8H2,1H3. The Labute approximate surface area is 88.5 Å². The first-order valence-electron chi connectivity index (χ1n) is 5.01. The topological polar surface area (TPSA) is 61.3 Å². The molecule has 1 fully saturated rings. The van der Waals surface area contributed by atoms with Crippen LogP contribution in [0.25, 0.3) is 10.4 Å². The number of ether oxygens (including phenoxy) is 1. The van der Waals surface area contributed by atoms with E-state index in [2.05, 4.69) is 29.1 Å². The largest absolute Gasteiger partial charge is 0.361 e. The Morgan fingerprint density at radius 2 is 2.20 bits per heavy atom. The van der Waals surface area contributed by atoms with Crippen molar-refractivity contribution >= 4 is 0 Å². The van der Waals surface area contributed by atoms with Crippen molar-refractivity contribution in [2.75, 3.05) is 6.54 Å². The molecular formula is C11H13N3O. The molecule has 1 aromatic carbocycles. The van der Waals surface area contributed by atoms with Crippen LogP contribution in [0.2, 0.25) is 0 Å². The highest BCUT2D eigenvalue weighted by Gasteiger charge is 2.52. The van der Waals surface area contributed by atoms with Gasteiger partial charge in [-0.3, -0.25) is 0 Å². The average Bonchev–Trinajstić information content (AvgIpc) is 2.93. The Bertz CT molecular complexity index is 386. The molecule has 0 saturated carbocycles. The second-order valence-corrected chi connectivity index (χ2v) is 3.82. The van der Waals surface area contributed by atoms with Gasteiger partial charge in [-0.25, -0.2) is 0 Å². The number of benzene rings is 1. The van der Waals surface area contributed by atoms with Crippen LogP contribution in [-0.2, 0) is 10.3 Å². The van der Waals surface area contributed by atoms with Crippen LogP contribution in [0.15, 0.2) is 35.4 Å². The van der Waals surface area contributed by atoms with Gasteiger partial charge >= 0.3 is 0 Å². The van der Waals surface area contributed by atoms with Gasteiger partial charge in [-0.05, 0) is 24.4 Å². The van der Waals surface area contributed by atoms with Gasteiger partial charge in [0.2, 0.25) is 0 Å². The van der Waals surface area contributed by atoms with Gasteiger partial charge < -0.3 is 4.74 Å². The first-order valence-corrected chi connectivity index (χ1v) is 5.01. The first kappa shape index (κ1) is 10.0. The highest BCUT2D eigenvalue weighted by molar-refractivity contribution is 5.27. The van der Waals surface area contributed by atoms with Crippen molar-refractivity contribution in [3.05, 3.63) is 46.3 Å². The van der Waals surface area contributed by atoms with Crippen molar-refractivity contribution in [2.24, 2.45) is 5.11 Å². The Hall–Kier alpha value is -1.51. The summed E-state index contributed by atoms with van der Waals surface area (Å²) in [6, 6.07) is 10.1. The normalized spacial score (nSPS) is 28.2. The van der Waals surface area contributed by atoms with Crippen molar-refractivity contribution in [3.63, 3.8) is 0 Å². The lowest BCUT2D eigenvalue weighted by Gasteiger charge is -2.05. The summed E-state index contributed by atoms with van der Waals surface area (Å²) in [7, 11) is 0. The highest BCUT2D eigenvalue weighted by Crippen LogP contribution is 2.47. The molecule has 4 heteroatoms. The zero-order valence-electron chi connectivity index (χ0n) is 8.63. The van der Waals surface area contributed by atoms with Crippen LogP contribution < -0.4 is 0 Å². The molecule has 1 saturated heterocycles. The van der Waals surface area contributed by atoms with E-state index in [1.807, 2.05) is 18.2 Å². The summed E-state index contributed by atoms with van der Waals surface area (Å²) < 4.78 is 5.65. The lowest BCUT2D eigenvalue weighted by molar-refractivity contribution is 0.310. The number of epoxide rings is 1. The monoisotopic (exact) mass is 203 g/mol. The molecular weight excluding hydrogens is 190 g/mol. The molecule has 15 heavy (non-hydrogen) atoms. The predicted octanol–water partition coefficient (Wildman–Crippen LogP) is 3.00. The molecule has 1 aliphatic rings. The molecule has 0 radical (unpaired) electrons. The minimum Gasteiger partial charge on any atom is -0.361 e. The SMILES string of the molecule is CC1(c2ccccc2)OC1CCN=[N+]=[N-]. The first-order chi connectivity index (χ1) is 7.27. The molecule has 0 N–H and O–H groups in total. The molecule has 2 unspecified atom stereocenters. The van der Waals surface area contributed by atoms with Crippen LogP contribution in [0.1, 0.15) is 18.9 Å². The van der Waals surface area contributed by atoms with Crippen molar-refractivity contribution in [1.29, 1.82) is 0 Å². The van der Waals surface area contributed by atoms with Crippen molar-refractivity contribution in [1.82, 2.24) is 0 Å². The van der Waals surface area contributed by atoms with E-state index >= 15 is 0 Å². The number of hydrogen-bond acceptors (Lipinski definition) is 2. The Morgan fingerprint density at radius 1 is 1.47 bits per heavy atom. The molecule has 1 aliphatic heterocycles. The molecule has 0 spiro atoms. The van der Waals surface area contributed by atoms with Crippen molar-refractivity contribution in [3.8, 4) is 0 Å². The molecule has 78 valence electrons. The number of azide groups is 1. The summed E-state index contributed by atoms with van der Waals surface area (Å²) in [5.41, 5.74) is 9.18. The maximum absolute atomic E-state index is 8.16. The Balaban J connectivity index is 1.98. The van der Waals surface area contributed by atoms with Crippen molar-refractivity contribution < 1.29 is 4.74 Å². The summed E-state index contributed by atoms with van der Waals surface area (Å²) in [6.07, 6.45) is 0.973. The van der Waals surface area contributed by atoms with Gasteiger partial charge in [-0.1, -0.05) is 35.4 Å². The van der Waals surface area contributed by atoms with Gasteiger partial charge in [0.1, 0.15) is 5.60 Å². The third-order valence-corrected chi connectivity index (χ3v) is 2.85. The summed E-state index contributed by atoms with van der Waals surface area (Å²) >= 11 is 0. The van der Waals surface area contributed by atoms with E-state index in [9.17, 15) is 0 Å². The fraction of sp³-hybridized carbons (Fsp3) is 0.455. The van der Waals surface area contributed by atoms with E-state index in [1.165, 1.54) is 5.56 Å². The van der Waals surface area contributed by atoms with E-state index < -0.39 is 0 Å². The van der Waals surface area contributed by atoms with Gasteiger partial charge in [-0.2, -0.15) is 0 Å². The lowest BCUT2D eigenvalue weighted by Crippen LogP contribution is -2.08. The van der Waals surface area contributed by atoms with E-state index in [-0.39, 0.29) is 11.7 Å². The van der Waals surface area contributed by atoms with Gasteiger partial charge in [0.05, 0.1) is 6.10 Å². The molecule has 2 rings (SSSR count). The van der Waals surface area contributed by atoms with E-state index in [4.69, 9.17) is 10.3 Å². The van der Waals surface area contributed by atoms with Crippen LogP contribution in [0.3, 0.4) is 0 Å². The average molecular weight is 203 g/mol. The van der Waals surface area contributed by atoms with Crippen LogP contribution >= 0.6 is 0 Å². The summed E-state index contributed by atoms with van der Waals surface area (Å²) in [4.78, 5) is 2.73. The lowest BCUT2D eigenvalue weighted by atomic mass is 9.96. The van der Waals surface area contributed by atoms with Crippen LogP contribution in [-0.4, -0.2) is 12.6 Å². The summed E-state index contributed by atoms with van der Waals surface area (Å²) in [5.74, 6) is 0. The molecule has 4 nitrogen and oxygen atoms in total. The van der Waals surface area contributed by atoms with E-state index in [0.29, 0.717) is 6.54 Å². The van der Waals surface area contributed by atoms with Gasteiger partial charge in [0, 0.05) is 11.5 Å². The quantitative estimate of drug-likeness (QED) is 0.321. The fourth-order valence-electron chi connectivity index (χ4n) is 1.84. The predicted molar refractivity (Wildman–Crippen MR) is 57.3 cm³/mol. The Morgan fingerprint density at radius 3 is 2.87 bits per heavy atom. The minimum absolute atomic E-state index is 0.174. The summed E-state index contributed by atoms with van der Waals surface area (Å²) in [5, 5.41) is 3.51. The third-order valence-electron chi connectivity index (χ3n) is 2.85. The summed E-state index contributed by atoms with van der Waals surface area (Å²) in [6.45, 7) is 2.58. The number of rotatable bonds is 4. The zero-order chi connectivity index (χ0) is 10.7. The second kappa shape index (κ2) is 3.93. The molecule has 0 aromatic heterocycles. The van der Waals surface area contributed by atoms with E-state index in [0.717, 1.165) is 6.42 Å². The molecule has 2 atom stereocenters. The minimum atomic E-state index is -0.174. The second-order valence-electron chi connectivity index (χ2n) is 3.82. The molecule has 0 amide bonds. The highest BCUT2D eigenvalue weighted by atomic mass is 16.6. The van der Waals surface area contributed by atoms with Gasteiger partial charge in [0.15, 0.2) is 0 Å². The maximum Gasteiger partial charge on any atom is 0.117 e. The molecule has 0 bridgehead atoms. The Kier molecular flexibility index (Phi) is 2.62. The fourth-order valence-corrected chi connectivity index (χ4v) is 1.84. The van der Waals surface area contributed by atoms with Crippen LogP contribution in [0, 0.1) is 0 Å². The van der Waals surface area contributed by atoms with Crippen LogP contribution in [0.5, 0.6) is 0 Å². The van der Waals surface area contributed by atoms with Crippen LogP contribution in [0.4, 0.5) is 0 Å². The zero-order valence-corrected chi connectivity index (χ0v) is 8.63. The molecule has 1 aromatic rings. The molecule has 0 aliphatic carbocycles. The number of nitrogens with zero attached hydrogens (tertiary/aromatic N) is 3. The number of hydrogen-bond donors (Lipinski definition) is 0. The third kappa shape index (κ3) is 1.96. The van der Waals surface area contributed by atoms with E-state index in [1.54, 1.807) is 0 Å². The van der Waals surface area contributed by atoms with Gasteiger partial charge in [-0.15, -0.1) is 0 Å². The van der Waals surface area contributed by atoms with Gasteiger partial charge in [0.25, 0.3) is 0 Å².